The van der Waals surface area contributed by atoms with Crippen LogP contribution in [0.1, 0.15) is 55.8 Å². The number of unbranched alkanes of at least 4 members (excludes halogenated alkanes) is 4. The summed E-state index contributed by atoms with van der Waals surface area (Å²) in [6.07, 6.45) is 5.58. The van der Waals surface area contributed by atoms with Gasteiger partial charge in [0.1, 0.15) is 13.2 Å². The summed E-state index contributed by atoms with van der Waals surface area (Å²) in [5, 5.41) is 8.97. The van der Waals surface area contributed by atoms with E-state index in [1.807, 2.05) is 0 Å². The smallest absolute Gasteiger partial charge is 0.323 e. The zero-order valence-electron chi connectivity index (χ0n) is 14.8. The van der Waals surface area contributed by atoms with Crippen molar-refractivity contribution in [3.8, 4) is 0 Å². The number of carboxylic acid groups (broad SMARTS) is 1. The number of carbonyl (C=O) groups excluding carboxylic acids is 2. The maximum Gasteiger partial charge on any atom is 0.323 e. The quantitative estimate of drug-likeness (QED) is 0.463. The van der Waals surface area contributed by atoms with Gasteiger partial charge in [-0.2, -0.15) is 0 Å². The van der Waals surface area contributed by atoms with Crippen LogP contribution in [0.2, 0.25) is 0 Å². The first-order valence-electron chi connectivity index (χ1n) is 8.76. The van der Waals surface area contributed by atoms with Crippen LogP contribution < -0.4 is 0 Å². The van der Waals surface area contributed by atoms with Crippen molar-refractivity contribution < 1.29 is 24.2 Å². The number of carbonyl (C=O) groups is 3. The Kier molecular flexibility index (Phi) is 9.97. The van der Waals surface area contributed by atoms with Crippen molar-refractivity contribution in [2.24, 2.45) is 0 Å². The standard InChI is InChI=1S/C19H27NO5/c1-2-3-4-5-9-12-18(23)25-14-13-20(15-17(21)22)19(24)16-10-7-6-8-11-16/h6-8,10-11H,2-5,9,12-15H2,1H3,(H,21,22). The molecule has 1 aromatic rings. The molecule has 1 aromatic carbocycles. The molecule has 138 valence electrons. The summed E-state index contributed by atoms with van der Waals surface area (Å²) in [6.45, 7) is 1.76. The Bertz CT molecular complexity index is 544. The predicted molar refractivity (Wildman–Crippen MR) is 94.3 cm³/mol. The summed E-state index contributed by atoms with van der Waals surface area (Å²) in [4.78, 5) is 36.2. The first-order valence-corrected chi connectivity index (χ1v) is 8.76. The number of ether oxygens (including phenoxy) is 1. The van der Waals surface area contributed by atoms with Crippen LogP contribution in [-0.4, -0.2) is 47.5 Å². The van der Waals surface area contributed by atoms with E-state index in [1.54, 1.807) is 30.3 Å². The van der Waals surface area contributed by atoms with Crippen LogP contribution in [0.3, 0.4) is 0 Å². The molecule has 0 saturated carbocycles. The van der Waals surface area contributed by atoms with Crippen molar-refractivity contribution in [2.75, 3.05) is 19.7 Å². The molecular formula is C19H27NO5. The minimum Gasteiger partial charge on any atom is -0.480 e. The molecular weight excluding hydrogens is 322 g/mol. The van der Waals surface area contributed by atoms with Crippen LogP contribution in [-0.2, 0) is 14.3 Å². The Morgan fingerprint density at radius 2 is 1.72 bits per heavy atom. The minimum atomic E-state index is -1.11. The van der Waals surface area contributed by atoms with Crippen molar-refractivity contribution >= 4 is 17.8 Å². The van der Waals surface area contributed by atoms with Crippen molar-refractivity contribution in [1.29, 1.82) is 0 Å². The normalized spacial score (nSPS) is 10.3. The summed E-state index contributed by atoms with van der Waals surface area (Å²) in [5.41, 5.74) is 0.408. The highest BCUT2D eigenvalue weighted by atomic mass is 16.5. The van der Waals surface area contributed by atoms with Gasteiger partial charge in [0.2, 0.25) is 0 Å². The van der Waals surface area contributed by atoms with Gasteiger partial charge < -0.3 is 14.7 Å². The number of carboxylic acids is 1. The van der Waals surface area contributed by atoms with Gasteiger partial charge in [0, 0.05) is 12.0 Å². The van der Waals surface area contributed by atoms with Gasteiger partial charge in [-0.25, -0.2) is 0 Å². The van der Waals surface area contributed by atoms with E-state index in [9.17, 15) is 14.4 Å². The van der Waals surface area contributed by atoms with Crippen LogP contribution in [0.15, 0.2) is 30.3 Å². The Morgan fingerprint density at radius 1 is 1.04 bits per heavy atom. The molecule has 0 bridgehead atoms. The molecule has 1 N–H and O–H groups in total. The van der Waals surface area contributed by atoms with Gasteiger partial charge in [0.25, 0.3) is 5.91 Å². The number of esters is 1. The second kappa shape index (κ2) is 12.1. The molecule has 0 aliphatic carbocycles. The van der Waals surface area contributed by atoms with Crippen molar-refractivity contribution in [1.82, 2.24) is 4.90 Å². The molecule has 0 radical (unpaired) electrons. The number of aliphatic carboxylic acids is 1. The number of benzene rings is 1. The van der Waals surface area contributed by atoms with Crippen LogP contribution in [0.4, 0.5) is 0 Å². The maximum atomic E-state index is 12.4. The van der Waals surface area contributed by atoms with E-state index in [-0.39, 0.29) is 19.1 Å². The number of hydrogen-bond acceptors (Lipinski definition) is 4. The molecule has 0 fully saturated rings. The van der Waals surface area contributed by atoms with Crippen molar-refractivity contribution in [3.05, 3.63) is 35.9 Å². The van der Waals surface area contributed by atoms with E-state index in [1.165, 1.54) is 11.3 Å². The number of nitrogens with zero attached hydrogens (tertiary/aromatic N) is 1. The van der Waals surface area contributed by atoms with Gasteiger partial charge in [0.05, 0.1) is 6.54 Å². The van der Waals surface area contributed by atoms with E-state index in [0.717, 1.165) is 25.7 Å². The lowest BCUT2D eigenvalue weighted by atomic mass is 10.1. The highest BCUT2D eigenvalue weighted by Crippen LogP contribution is 2.07. The Morgan fingerprint density at radius 3 is 2.36 bits per heavy atom. The van der Waals surface area contributed by atoms with E-state index in [0.29, 0.717) is 12.0 Å². The van der Waals surface area contributed by atoms with Crippen LogP contribution in [0.5, 0.6) is 0 Å². The molecule has 1 rings (SSSR count). The monoisotopic (exact) mass is 349 g/mol. The Balaban J connectivity index is 2.39. The molecule has 0 aliphatic heterocycles. The largest absolute Gasteiger partial charge is 0.480 e. The number of amides is 1. The lowest BCUT2D eigenvalue weighted by Gasteiger charge is -2.20. The van der Waals surface area contributed by atoms with Gasteiger partial charge in [-0.3, -0.25) is 14.4 Å². The summed E-state index contributed by atoms with van der Waals surface area (Å²) in [7, 11) is 0. The van der Waals surface area contributed by atoms with Gasteiger partial charge in [-0.05, 0) is 18.6 Å². The lowest BCUT2D eigenvalue weighted by molar-refractivity contribution is -0.144. The predicted octanol–water partition coefficient (Wildman–Crippen LogP) is 3.12. The van der Waals surface area contributed by atoms with Crippen molar-refractivity contribution in [2.45, 2.75) is 45.4 Å². The summed E-state index contributed by atoms with van der Waals surface area (Å²) < 4.78 is 5.12. The highest BCUT2D eigenvalue weighted by Gasteiger charge is 2.18. The zero-order valence-corrected chi connectivity index (χ0v) is 14.8. The fraction of sp³-hybridized carbons (Fsp3) is 0.526. The second-order valence-corrected chi connectivity index (χ2v) is 5.87. The van der Waals surface area contributed by atoms with E-state index in [2.05, 4.69) is 6.92 Å². The van der Waals surface area contributed by atoms with Crippen molar-refractivity contribution in [3.63, 3.8) is 0 Å². The van der Waals surface area contributed by atoms with E-state index >= 15 is 0 Å². The fourth-order valence-electron chi connectivity index (χ4n) is 2.39. The summed E-state index contributed by atoms with van der Waals surface area (Å²) >= 11 is 0. The molecule has 0 unspecified atom stereocenters. The average molecular weight is 349 g/mol. The SMILES string of the molecule is CCCCCCCC(=O)OCCN(CC(=O)O)C(=O)c1ccccc1. The molecule has 1 amide bonds. The topological polar surface area (TPSA) is 83.9 Å². The number of rotatable bonds is 12. The Labute approximate surface area is 148 Å². The number of hydrogen-bond donors (Lipinski definition) is 1. The van der Waals surface area contributed by atoms with Crippen LogP contribution in [0.25, 0.3) is 0 Å². The van der Waals surface area contributed by atoms with Crippen LogP contribution >= 0.6 is 0 Å². The molecule has 0 spiro atoms. The van der Waals surface area contributed by atoms with Crippen LogP contribution in [0, 0.1) is 0 Å². The highest BCUT2D eigenvalue weighted by molar-refractivity contribution is 5.95. The second-order valence-electron chi connectivity index (χ2n) is 5.87. The first-order chi connectivity index (χ1) is 12.0. The maximum absolute atomic E-state index is 12.4. The summed E-state index contributed by atoms with van der Waals surface area (Å²) in [5.74, 6) is -1.80. The first kappa shape index (κ1) is 20.7. The van der Waals surface area contributed by atoms with E-state index < -0.39 is 18.4 Å². The third kappa shape index (κ3) is 8.88. The third-order valence-corrected chi connectivity index (χ3v) is 3.74. The molecule has 0 saturated heterocycles. The molecule has 6 heteroatoms. The Hall–Kier alpha value is -2.37. The zero-order chi connectivity index (χ0) is 18.5. The van der Waals surface area contributed by atoms with Gasteiger partial charge >= 0.3 is 11.9 Å². The lowest BCUT2D eigenvalue weighted by Crippen LogP contribution is -2.38. The molecule has 0 heterocycles. The molecule has 0 aliphatic rings. The molecule has 25 heavy (non-hydrogen) atoms. The molecule has 0 atom stereocenters. The van der Waals surface area contributed by atoms with Gasteiger partial charge in [-0.1, -0.05) is 50.8 Å². The third-order valence-electron chi connectivity index (χ3n) is 3.74. The van der Waals surface area contributed by atoms with Gasteiger partial charge in [0.15, 0.2) is 0 Å². The minimum absolute atomic E-state index is 0.000350. The average Bonchev–Trinajstić information content (AvgIpc) is 2.60. The van der Waals surface area contributed by atoms with Gasteiger partial charge in [-0.15, -0.1) is 0 Å². The fourth-order valence-corrected chi connectivity index (χ4v) is 2.39. The molecule has 0 aromatic heterocycles. The van der Waals surface area contributed by atoms with E-state index in [4.69, 9.17) is 9.84 Å². The summed E-state index contributed by atoms with van der Waals surface area (Å²) in [6, 6.07) is 8.45. The molecule has 6 nitrogen and oxygen atoms in total.